The van der Waals surface area contributed by atoms with Crippen LogP contribution in [0.1, 0.15) is 17.5 Å². The lowest BCUT2D eigenvalue weighted by molar-refractivity contribution is 0.0487. The van der Waals surface area contributed by atoms with Gasteiger partial charge in [0.1, 0.15) is 12.0 Å². The van der Waals surface area contributed by atoms with Crippen LogP contribution in [-0.2, 0) is 4.74 Å². The highest BCUT2D eigenvalue weighted by Gasteiger charge is 2.14. The van der Waals surface area contributed by atoms with Crippen LogP contribution in [0.25, 0.3) is 11.1 Å². The summed E-state index contributed by atoms with van der Waals surface area (Å²) in [4.78, 5) is 23.3. The van der Waals surface area contributed by atoms with E-state index in [0.29, 0.717) is 5.56 Å². The second kappa shape index (κ2) is 5.39. The van der Waals surface area contributed by atoms with Crippen LogP contribution in [0.2, 0.25) is 0 Å². The monoisotopic (exact) mass is 260 g/mol. The van der Waals surface area contributed by atoms with Crippen molar-refractivity contribution in [3.05, 3.63) is 52.6 Å². The van der Waals surface area contributed by atoms with Gasteiger partial charge in [0, 0.05) is 11.6 Å². The summed E-state index contributed by atoms with van der Waals surface area (Å²) < 4.78 is 9.81. The van der Waals surface area contributed by atoms with E-state index in [1.807, 2.05) is 0 Å². The molecule has 5 nitrogen and oxygen atoms in total. The van der Waals surface area contributed by atoms with Gasteiger partial charge in [0.2, 0.25) is 5.76 Å². The lowest BCUT2D eigenvalue weighted by Crippen LogP contribution is -2.10. The Morgan fingerprint density at radius 1 is 1.32 bits per heavy atom. The maximum absolute atomic E-state index is 11.9. The number of rotatable bonds is 3. The molecule has 1 aromatic heterocycles. The number of hydrogen-bond acceptors (Lipinski definition) is 5. The Hall–Kier alpha value is -2.56. The van der Waals surface area contributed by atoms with Crippen LogP contribution in [0.4, 0.5) is 0 Å². The number of hydrogen-bond donors (Lipinski definition) is 1. The van der Waals surface area contributed by atoms with Crippen LogP contribution >= 0.6 is 0 Å². The molecule has 0 bridgehead atoms. The molecule has 0 unspecified atom stereocenters. The predicted octanol–water partition coefficient (Wildman–Crippen LogP) is 2.19. The molecule has 0 saturated carbocycles. The van der Waals surface area contributed by atoms with Gasteiger partial charge in [0.25, 0.3) is 0 Å². The number of benzene rings is 1. The maximum atomic E-state index is 11.9. The molecule has 0 aliphatic rings. The Labute approximate surface area is 109 Å². The van der Waals surface area contributed by atoms with Crippen molar-refractivity contribution in [1.82, 2.24) is 0 Å². The first kappa shape index (κ1) is 12.9. The zero-order valence-electron chi connectivity index (χ0n) is 10.3. The van der Waals surface area contributed by atoms with Gasteiger partial charge < -0.3 is 14.3 Å². The third-order valence-electron chi connectivity index (χ3n) is 2.50. The molecule has 2 aromatic rings. The number of esters is 1. The summed E-state index contributed by atoms with van der Waals surface area (Å²) in [6.45, 7) is 1.86. The minimum absolute atomic E-state index is 0.0290. The highest BCUT2D eigenvalue weighted by atomic mass is 16.5. The summed E-state index contributed by atoms with van der Waals surface area (Å²) in [5.41, 5.74) is 0.119. The average Bonchev–Trinajstić information content (AvgIpc) is 2.40. The van der Waals surface area contributed by atoms with Gasteiger partial charge in [-0.3, -0.25) is 4.79 Å². The quantitative estimate of drug-likeness (QED) is 0.856. The first-order valence-electron chi connectivity index (χ1n) is 5.71. The van der Waals surface area contributed by atoms with Gasteiger partial charge in [0.15, 0.2) is 5.43 Å². The van der Waals surface area contributed by atoms with Crippen molar-refractivity contribution >= 4 is 5.97 Å². The fraction of sp³-hybridized carbons (Fsp3) is 0.143. The average molecular weight is 260 g/mol. The number of aromatic hydroxyl groups is 1. The predicted molar refractivity (Wildman–Crippen MR) is 68.0 cm³/mol. The molecule has 1 heterocycles. The van der Waals surface area contributed by atoms with Crippen LogP contribution in [0.15, 0.2) is 45.8 Å². The molecule has 0 aliphatic heterocycles. The van der Waals surface area contributed by atoms with Crippen molar-refractivity contribution in [2.75, 3.05) is 6.61 Å². The summed E-state index contributed by atoms with van der Waals surface area (Å²) in [5.74, 6) is -0.881. The Balaban J connectivity index is 2.44. The largest absolute Gasteiger partial charge is 0.507 e. The molecule has 0 saturated heterocycles. The van der Waals surface area contributed by atoms with E-state index in [9.17, 15) is 14.7 Å². The first-order chi connectivity index (χ1) is 9.13. The highest BCUT2D eigenvalue weighted by Crippen LogP contribution is 2.26. The Kier molecular flexibility index (Phi) is 3.66. The first-order valence-corrected chi connectivity index (χ1v) is 5.71. The van der Waals surface area contributed by atoms with Crippen LogP contribution in [0, 0.1) is 0 Å². The summed E-state index contributed by atoms with van der Waals surface area (Å²) in [6, 6.07) is 7.45. The van der Waals surface area contributed by atoms with Crippen molar-refractivity contribution in [3.63, 3.8) is 0 Å². The smallest absolute Gasteiger partial charge is 0.374 e. The van der Waals surface area contributed by atoms with Gasteiger partial charge in [-0.2, -0.15) is 0 Å². The molecule has 0 amide bonds. The summed E-state index contributed by atoms with van der Waals surface area (Å²) >= 11 is 0. The van der Waals surface area contributed by atoms with Crippen LogP contribution in [-0.4, -0.2) is 17.7 Å². The van der Waals surface area contributed by atoms with Gasteiger partial charge in [-0.15, -0.1) is 0 Å². The maximum Gasteiger partial charge on any atom is 0.374 e. The Morgan fingerprint density at radius 3 is 2.68 bits per heavy atom. The molecule has 1 aromatic carbocycles. The number of phenols is 1. The Morgan fingerprint density at radius 2 is 2.05 bits per heavy atom. The summed E-state index contributed by atoms with van der Waals surface area (Å²) in [6.07, 6.45) is 1.14. The van der Waals surface area contributed by atoms with E-state index in [2.05, 4.69) is 0 Å². The van der Waals surface area contributed by atoms with E-state index >= 15 is 0 Å². The van der Waals surface area contributed by atoms with E-state index in [1.165, 1.54) is 6.07 Å². The third kappa shape index (κ3) is 2.65. The van der Waals surface area contributed by atoms with Crippen molar-refractivity contribution in [2.45, 2.75) is 6.92 Å². The molecular formula is C14H12O5. The van der Waals surface area contributed by atoms with Gasteiger partial charge in [-0.05, 0) is 13.0 Å². The molecule has 5 heteroatoms. The molecule has 0 spiro atoms. The number of carbonyl (C=O) groups is 1. The van der Waals surface area contributed by atoms with Gasteiger partial charge in [-0.25, -0.2) is 4.79 Å². The van der Waals surface area contributed by atoms with Gasteiger partial charge in [0.05, 0.1) is 12.2 Å². The normalized spacial score (nSPS) is 10.2. The summed E-state index contributed by atoms with van der Waals surface area (Å²) in [7, 11) is 0. The second-order valence-electron chi connectivity index (χ2n) is 3.76. The molecule has 0 radical (unpaired) electrons. The fourth-order valence-corrected chi connectivity index (χ4v) is 1.62. The van der Waals surface area contributed by atoms with Crippen LogP contribution in [0.5, 0.6) is 5.75 Å². The van der Waals surface area contributed by atoms with Crippen molar-refractivity contribution in [2.24, 2.45) is 0 Å². The molecule has 0 aliphatic carbocycles. The van der Waals surface area contributed by atoms with Gasteiger partial charge >= 0.3 is 5.97 Å². The lowest BCUT2D eigenvalue weighted by Gasteiger charge is -2.04. The zero-order chi connectivity index (χ0) is 13.8. The van der Waals surface area contributed by atoms with E-state index < -0.39 is 11.4 Å². The SMILES string of the molecule is CCOC(=O)c1cc(=O)c(-c2ccccc2O)co1. The Bertz CT molecular complexity index is 657. The standard InChI is InChI=1S/C14H12O5/c1-2-18-14(17)13-7-12(16)10(8-19-13)9-5-3-4-6-11(9)15/h3-8,15H,2H2,1H3. The number of phenolic OH excluding ortho intramolecular Hbond substituents is 1. The van der Waals surface area contributed by atoms with Crippen LogP contribution in [0.3, 0.4) is 0 Å². The van der Waals surface area contributed by atoms with Gasteiger partial charge in [-0.1, -0.05) is 18.2 Å². The minimum Gasteiger partial charge on any atom is -0.507 e. The van der Waals surface area contributed by atoms with Crippen molar-refractivity contribution in [1.29, 1.82) is 0 Å². The molecule has 0 atom stereocenters. The number of para-hydroxylation sites is 1. The molecule has 2 rings (SSSR count). The number of carbonyl (C=O) groups excluding carboxylic acids is 1. The lowest BCUT2D eigenvalue weighted by atomic mass is 10.1. The van der Waals surface area contributed by atoms with Crippen molar-refractivity contribution in [3.8, 4) is 16.9 Å². The van der Waals surface area contributed by atoms with Crippen molar-refractivity contribution < 1.29 is 19.1 Å². The number of ether oxygens (including phenoxy) is 1. The van der Waals surface area contributed by atoms with E-state index in [1.54, 1.807) is 25.1 Å². The zero-order valence-corrected chi connectivity index (χ0v) is 10.3. The van der Waals surface area contributed by atoms with E-state index in [0.717, 1.165) is 12.3 Å². The topological polar surface area (TPSA) is 76.7 Å². The van der Waals surface area contributed by atoms with E-state index in [-0.39, 0.29) is 23.7 Å². The molecule has 1 N–H and O–H groups in total. The minimum atomic E-state index is -0.691. The molecule has 0 fully saturated rings. The van der Waals surface area contributed by atoms with E-state index in [4.69, 9.17) is 9.15 Å². The van der Waals surface area contributed by atoms with Crippen LogP contribution < -0.4 is 5.43 Å². The highest BCUT2D eigenvalue weighted by molar-refractivity contribution is 5.86. The molecule has 98 valence electrons. The fourth-order valence-electron chi connectivity index (χ4n) is 1.62. The molecular weight excluding hydrogens is 248 g/mol. The molecule has 19 heavy (non-hydrogen) atoms. The summed E-state index contributed by atoms with van der Waals surface area (Å²) in [5, 5.41) is 9.68. The third-order valence-corrected chi connectivity index (χ3v) is 2.50. The second-order valence-corrected chi connectivity index (χ2v) is 3.76.